The van der Waals surface area contributed by atoms with E-state index in [9.17, 15) is 22.4 Å². The molecule has 0 aliphatic rings. The topological polar surface area (TPSA) is 26.3 Å². The highest BCUT2D eigenvalue weighted by atomic mass is 35.6. The molecule has 1 atom stereocenters. The first kappa shape index (κ1) is 13.1. The Labute approximate surface area is 84.7 Å². The fraction of sp³-hybridized carbons (Fsp3) is 0.750. The Morgan fingerprint density at radius 3 is 1.85 bits per heavy atom. The molecule has 0 heterocycles. The maximum atomic E-state index is 12.1. The predicted molar refractivity (Wildman–Crippen MR) is 37.3 cm³/mol. The third kappa shape index (κ3) is 5.38. The molecule has 0 fully saturated rings. The molecule has 78 valence electrons. The van der Waals surface area contributed by atoms with E-state index in [1.54, 1.807) is 0 Å². The van der Waals surface area contributed by atoms with Crippen LogP contribution < -0.4 is 0 Å². The molecule has 0 aliphatic carbocycles. The Kier molecular flexibility index (Phi) is 4.08. The van der Waals surface area contributed by atoms with Gasteiger partial charge in [0.2, 0.25) is 0 Å². The summed E-state index contributed by atoms with van der Waals surface area (Å²) >= 11 is 14.3. The molecule has 0 aromatic heterocycles. The lowest BCUT2D eigenvalue weighted by atomic mass is 10.4. The van der Waals surface area contributed by atoms with Crippen molar-refractivity contribution in [3.8, 4) is 0 Å². The number of ether oxygens (including phenoxy) is 1. The normalized spacial score (nSPS) is 15.3. The minimum absolute atomic E-state index is 2.30. The van der Waals surface area contributed by atoms with E-state index in [4.69, 9.17) is 34.8 Å². The van der Waals surface area contributed by atoms with Crippen molar-refractivity contribution in [1.82, 2.24) is 0 Å². The van der Waals surface area contributed by atoms with Gasteiger partial charge in [0, 0.05) is 0 Å². The maximum absolute atomic E-state index is 12.1. The quantitative estimate of drug-likeness (QED) is 0.413. The molecule has 0 spiro atoms. The summed E-state index contributed by atoms with van der Waals surface area (Å²) in [6.07, 6.45) is -9.18. The van der Waals surface area contributed by atoms with Crippen molar-refractivity contribution in [2.45, 2.75) is 16.3 Å². The van der Waals surface area contributed by atoms with E-state index in [0.717, 1.165) is 0 Å². The second-order valence-electron chi connectivity index (χ2n) is 1.77. The van der Waals surface area contributed by atoms with E-state index in [0.29, 0.717) is 0 Å². The van der Waals surface area contributed by atoms with E-state index in [1.807, 2.05) is 0 Å². The van der Waals surface area contributed by atoms with Crippen LogP contribution in [0, 0.1) is 0 Å². The molecule has 0 aliphatic heterocycles. The lowest BCUT2D eigenvalue weighted by Crippen LogP contribution is -2.36. The summed E-state index contributed by atoms with van der Waals surface area (Å²) in [4.78, 5) is 10.2. The van der Waals surface area contributed by atoms with E-state index in [-0.39, 0.29) is 0 Å². The molecule has 0 N–H and O–H groups in total. The van der Waals surface area contributed by atoms with Crippen LogP contribution in [0.1, 0.15) is 0 Å². The zero-order valence-corrected chi connectivity index (χ0v) is 7.81. The third-order valence-electron chi connectivity index (χ3n) is 0.711. The van der Waals surface area contributed by atoms with Gasteiger partial charge in [-0.15, -0.1) is 0 Å². The molecule has 13 heavy (non-hydrogen) atoms. The number of halogens is 7. The van der Waals surface area contributed by atoms with Gasteiger partial charge in [-0.3, -0.25) is 0 Å². The first-order valence-electron chi connectivity index (χ1n) is 2.54. The standard InChI is InChI=1S/C4HCl3F4O2/c5-4(6,7)13-2(12)1(8)3(9,10)11/h1H. The van der Waals surface area contributed by atoms with Gasteiger partial charge in [0.1, 0.15) is 0 Å². The molecule has 0 saturated carbocycles. The SMILES string of the molecule is O=C(OC(Cl)(Cl)Cl)C(F)C(F)(F)F. The molecular formula is C4HCl3F4O2. The van der Waals surface area contributed by atoms with Crippen molar-refractivity contribution in [2.75, 3.05) is 0 Å². The van der Waals surface area contributed by atoms with Crippen LogP contribution >= 0.6 is 34.8 Å². The van der Waals surface area contributed by atoms with Crippen LogP contribution in [0.25, 0.3) is 0 Å². The number of carbonyl (C=O) groups is 1. The first-order valence-corrected chi connectivity index (χ1v) is 3.68. The Morgan fingerprint density at radius 2 is 1.62 bits per heavy atom. The maximum Gasteiger partial charge on any atom is 0.430 e. The lowest BCUT2D eigenvalue weighted by molar-refractivity contribution is -0.201. The van der Waals surface area contributed by atoms with Crippen molar-refractivity contribution in [1.29, 1.82) is 0 Å². The molecule has 0 bridgehead atoms. The number of hydrogen-bond donors (Lipinski definition) is 0. The van der Waals surface area contributed by atoms with Gasteiger partial charge < -0.3 is 4.74 Å². The Bertz CT molecular complexity index is 199. The van der Waals surface area contributed by atoms with Crippen LogP contribution in [0.4, 0.5) is 17.6 Å². The van der Waals surface area contributed by atoms with Gasteiger partial charge in [0.25, 0.3) is 6.17 Å². The molecule has 0 aromatic carbocycles. The van der Waals surface area contributed by atoms with Crippen LogP contribution in [0.15, 0.2) is 0 Å². The summed E-state index contributed by atoms with van der Waals surface area (Å²) in [7, 11) is 0. The molecule has 9 heteroatoms. The smallest absolute Gasteiger partial charge is 0.412 e. The summed E-state index contributed by atoms with van der Waals surface area (Å²) in [5, 5.41) is 0. The fourth-order valence-corrected chi connectivity index (χ4v) is 0.528. The van der Waals surface area contributed by atoms with Gasteiger partial charge in [0.05, 0.1) is 0 Å². The van der Waals surface area contributed by atoms with Crippen LogP contribution in [0.3, 0.4) is 0 Å². The van der Waals surface area contributed by atoms with E-state index in [1.165, 1.54) is 0 Å². The molecule has 0 radical (unpaired) electrons. The van der Waals surface area contributed by atoms with Crippen LogP contribution in [0.5, 0.6) is 0 Å². The predicted octanol–water partition coefficient (Wildman–Crippen LogP) is 2.76. The summed E-state index contributed by atoms with van der Waals surface area (Å²) in [6, 6.07) is 0. The van der Waals surface area contributed by atoms with E-state index in [2.05, 4.69) is 4.74 Å². The van der Waals surface area contributed by atoms with Crippen molar-refractivity contribution >= 4 is 40.8 Å². The molecule has 2 nitrogen and oxygen atoms in total. The van der Waals surface area contributed by atoms with Crippen molar-refractivity contribution < 1.29 is 27.1 Å². The summed E-state index contributed by atoms with van der Waals surface area (Å²) < 4.78 is 47.3. The fourth-order valence-electron chi connectivity index (χ4n) is 0.299. The number of carbonyl (C=O) groups excluding carboxylic acids is 1. The molecule has 0 amide bonds. The summed E-state index contributed by atoms with van der Waals surface area (Å²) in [6.45, 7) is 0. The number of esters is 1. The monoisotopic (exact) mass is 262 g/mol. The number of hydrogen-bond acceptors (Lipinski definition) is 2. The lowest BCUT2D eigenvalue weighted by Gasteiger charge is -2.15. The Hall–Kier alpha value is 0.0600. The second-order valence-corrected chi connectivity index (χ2v) is 3.95. The van der Waals surface area contributed by atoms with Gasteiger partial charge >= 0.3 is 16.1 Å². The average Bonchev–Trinajstić information content (AvgIpc) is 1.79. The number of alkyl halides is 7. The Morgan fingerprint density at radius 1 is 1.23 bits per heavy atom. The highest BCUT2D eigenvalue weighted by Crippen LogP contribution is 2.31. The second kappa shape index (κ2) is 4.06. The molecule has 1 unspecified atom stereocenters. The van der Waals surface area contributed by atoms with Gasteiger partial charge in [-0.1, -0.05) is 0 Å². The molecule has 0 aromatic rings. The van der Waals surface area contributed by atoms with Crippen LogP contribution in [-0.4, -0.2) is 22.3 Å². The minimum atomic E-state index is -5.37. The van der Waals surface area contributed by atoms with Gasteiger partial charge in [0.15, 0.2) is 0 Å². The summed E-state index contributed by atoms with van der Waals surface area (Å²) in [5.41, 5.74) is 0. The number of rotatable bonds is 1. The van der Waals surface area contributed by atoms with Gasteiger partial charge in [-0.05, 0) is 34.8 Å². The first-order chi connectivity index (χ1) is 5.54. The van der Waals surface area contributed by atoms with Gasteiger partial charge in [-0.2, -0.15) is 13.2 Å². The van der Waals surface area contributed by atoms with Crippen molar-refractivity contribution in [3.05, 3.63) is 0 Å². The average molecular weight is 263 g/mol. The van der Waals surface area contributed by atoms with E-state index >= 15 is 0 Å². The van der Waals surface area contributed by atoms with Crippen LogP contribution in [-0.2, 0) is 9.53 Å². The highest BCUT2D eigenvalue weighted by molar-refractivity contribution is 6.66. The largest absolute Gasteiger partial charge is 0.430 e. The molecular weight excluding hydrogens is 262 g/mol. The van der Waals surface area contributed by atoms with Crippen molar-refractivity contribution in [3.63, 3.8) is 0 Å². The minimum Gasteiger partial charge on any atom is -0.412 e. The highest BCUT2D eigenvalue weighted by Gasteiger charge is 2.48. The zero-order valence-electron chi connectivity index (χ0n) is 5.54. The van der Waals surface area contributed by atoms with Gasteiger partial charge in [-0.25, -0.2) is 9.18 Å². The summed E-state index contributed by atoms with van der Waals surface area (Å²) in [5.74, 6) is -2.30. The molecule has 0 saturated heterocycles. The zero-order chi connectivity index (χ0) is 10.9. The third-order valence-corrected chi connectivity index (χ3v) is 0.942. The van der Waals surface area contributed by atoms with E-state index < -0.39 is 22.3 Å². The Balaban J connectivity index is 4.30. The van der Waals surface area contributed by atoms with Crippen molar-refractivity contribution in [2.24, 2.45) is 0 Å². The van der Waals surface area contributed by atoms with Crippen LogP contribution in [0.2, 0.25) is 0 Å². The molecule has 0 rings (SSSR count).